The van der Waals surface area contributed by atoms with Gasteiger partial charge in [0.2, 0.25) is 0 Å². The van der Waals surface area contributed by atoms with Gasteiger partial charge >= 0.3 is 6.18 Å². The molecule has 0 atom stereocenters. The van der Waals surface area contributed by atoms with Crippen molar-refractivity contribution in [2.75, 3.05) is 0 Å². The summed E-state index contributed by atoms with van der Waals surface area (Å²) in [6.07, 6.45) is 0.844. The Morgan fingerprint density at radius 3 is 2.69 bits per heavy atom. The molecule has 9 heteroatoms. The molecule has 0 bridgehead atoms. The Balaban J connectivity index is 1.99. The van der Waals surface area contributed by atoms with E-state index >= 15 is 0 Å². The fraction of sp³-hybridized carbons (Fsp3) is 0.118. The first kappa shape index (κ1) is 17.5. The van der Waals surface area contributed by atoms with E-state index in [0.29, 0.717) is 11.1 Å². The third kappa shape index (κ3) is 3.66. The van der Waals surface area contributed by atoms with Crippen molar-refractivity contribution in [3.8, 4) is 11.4 Å². The summed E-state index contributed by atoms with van der Waals surface area (Å²) in [4.78, 5) is 15.6. The lowest BCUT2D eigenvalue weighted by Gasteiger charge is -2.09. The predicted octanol–water partition coefficient (Wildman–Crippen LogP) is 3.35. The van der Waals surface area contributed by atoms with E-state index < -0.39 is 17.6 Å². The number of hydrogen-bond acceptors (Lipinski definition) is 4. The molecule has 134 valence electrons. The summed E-state index contributed by atoms with van der Waals surface area (Å²) < 4.78 is 45.0. The zero-order valence-electron chi connectivity index (χ0n) is 13.5. The van der Waals surface area contributed by atoms with Crippen LogP contribution in [0.4, 0.5) is 13.2 Å². The lowest BCUT2D eigenvalue weighted by Crippen LogP contribution is -2.13. The van der Waals surface area contributed by atoms with Gasteiger partial charge in [-0.3, -0.25) is 4.79 Å². The molecule has 0 saturated heterocycles. The van der Waals surface area contributed by atoms with Crippen molar-refractivity contribution in [1.82, 2.24) is 14.8 Å². The second kappa shape index (κ2) is 6.51. The van der Waals surface area contributed by atoms with Crippen LogP contribution in [0.2, 0.25) is 0 Å². The van der Waals surface area contributed by atoms with Crippen LogP contribution in [0.15, 0.2) is 47.5 Å². The van der Waals surface area contributed by atoms with Crippen LogP contribution >= 0.6 is 0 Å². The summed E-state index contributed by atoms with van der Waals surface area (Å²) >= 11 is 0. The Hall–Kier alpha value is -3.36. The van der Waals surface area contributed by atoms with Gasteiger partial charge in [-0.1, -0.05) is 0 Å². The molecule has 1 amide bonds. The van der Waals surface area contributed by atoms with Crippen LogP contribution in [-0.4, -0.2) is 20.7 Å². The molecule has 0 fully saturated rings. The molecule has 0 aliphatic heterocycles. The van der Waals surface area contributed by atoms with Gasteiger partial charge in [-0.2, -0.15) is 13.2 Å². The van der Waals surface area contributed by atoms with Crippen LogP contribution in [0.5, 0.6) is 0 Å². The van der Waals surface area contributed by atoms with E-state index in [1.54, 1.807) is 19.1 Å². The molecule has 0 spiro atoms. The van der Waals surface area contributed by atoms with Crippen molar-refractivity contribution >= 4 is 17.7 Å². The maximum atomic E-state index is 13.0. The standard InChI is InChI=1S/C17H13F3N4O2/c1-10-4-12(6-13(5-10)17(18,19)20)16-22-9-24(23-16)7-14(15(21)25)11-2-3-26-8-11/h2-9H,1H3,(H2,21,25)/b14-7+. The second-order valence-corrected chi connectivity index (χ2v) is 5.55. The minimum Gasteiger partial charge on any atom is -0.472 e. The van der Waals surface area contributed by atoms with Gasteiger partial charge < -0.3 is 10.2 Å². The van der Waals surface area contributed by atoms with Crippen LogP contribution < -0.4 is 5.73 Å². The first-order chi connectivity index (χ1) is 12.2. The SMILES string of the molecule is Cc1cc(-c2ncn(/C=C(/C(N)=O)c3ccoc3)n2)cc(C(F)(F)F)c1. The molecule has 3 rings (SSSR count). The molecule has 6 nitrogen and oxygen atoms in total. The van der Waals surface area contributed by atoms with Gasteiger partial charge in [0.1, 0.15) is 6.33 Å². The number of primary amides is 1. The normalized spacial score (nSPS) is 12.4. The third-order valence-corrected chi connectivity index (χ3v) is 3.53. The number of nitrogens with zero attached hydrogens (tertiary/aromatic N) is 3. The lowest BCUT2D eigenvalue weighted by atomic mass is 10.1. The molecular formula is C17H13F3N4O2. The van der Waals surface area contributed by atoms with E-state index in [4.69, 9.17) is 10.2 Å². The summed E-state index contributed by atoms with van der Waals surface area (Å²) in [5, 5.41) is 4.10. The predicted molar refractivity (Wildman–Crippen MR) is 87.3 cm³/mol. The van der Waals surface area contributed by atoms with E-state index in [0.717, 1.165) is 12.1 Å². The number of halogens is 3. The molecule has 0 unspecified atom stereocenters. The largest absolute Gasteiger partial charge is 0.472 e. The van der Waals surface area contributed by atoms with Crippen molar-refractivity contribution in [2.24, 2.45) is 5.73 Å². The van der Waals surface area contributed by atoms with Gasteiger partial charge in [0.25, 0.3) is 5.91 Å². The number of hydrogen-bond donors (Lipinski definition) is 1. The van der Waals surface area contributed by atoms with Crippen molar-refractivity contribution in [3.63, 3.8) is 0 Å². The number of carbonyl (C=O) groups is 1. The topological polar surface area (TPSA) is 86.9 Å². The number of amides is 1. The lowest BCUT2D eigenvalue weighted by molar-refractivity contribution is -0.137. The maximum Gasteiger partial charge on any atom is 0.416 e. The minimum absolute atomic E-state index is 0.0893. The highest BCUT2D eigenvalue weighted by Crippen LogP contribution is 2.32. The Bertz CT molecular complexity index is 972. The summed E-state index contributed by atoms with van der Waals surface area (Å²) in [5.41, 5.74) is 5.78. The summed E-state index contributed by atoms with van der Waals surface area (Å²) in [6.45, 7) is 1.56. The highest BCUT2D eigenvalue weighted by Gasteiger charge is 2.31. The fourth-order valence-corrected chi connectivity index (χ4v) is 2.38. The van der Waals surface area contributed by atoms with Gasteiger partial charge in [-0.05, 0) is 36.8 Å². The smallest absolute Gasteiger partial charge is 0.416 e. The van der Waals surface area contributed by atoms with Crippen molar-refractivity contribution < 1.29 is 22.4 Å². The molecular weight excluding hydrogens is 349 g/mol. The van der Waals surface area contributed by atoms with Gasteiger partial charge in [-0.15, -0.1) is 5.10 Å². The highest BCUT2D eigenvalue weighted by atomic mass is 19.4. The Morgan fingerprint density at radius 2 is 2.08 bits per heavy atom. The Labute approximate surface area is 145 Å². The summed E-state index contributed by atoms with van der Waals surface area (Å²) in [6, 6.07) is 5.11. The van der Waals surface area contributed by atoms with Crippen molar-refractivity contribution in [2.45, 2.75) is 13.1 Å². The average molecular weight is 362 g/mol. The first-order valence-corrected chi connectivity index (χ1v) is 7.38. The number of furan rings is 1. The van der Waals surface area contributed by atoms with Crippen LogP contribution in [0.25, 0.3) is 23.2 Å². The molecule has 0 aliphatic carbocycles. The van der Waals surface area contributed by atoms with Crippen LogP contribution in [0.3, 0.4) is 0 Å². The summed E-state index contributed by atoms with van der Waals surface area (Å²) in [7, 11) is 0. The number of aryl methyl sites for hydroxylation is 1. The number of nitrogens with two attached hydrogens (primary N) is 1. The number of rotatable bonds is 4. The van der Waals surface area contributed by atoms with E-state index in [1.807, 2.05) is 0 Å². The Kier molecular flexibility index (Phi) is 4.37. The Morgan fingerprint density at radius 1 is 1.31 bits per heavy atom. The third-order valence-electron chi connectivity index (χ3n) is 3.53. The zero-order chi connectivity index (χ0) is 18.9. The van der Waals surface area contributed by atoms with Gasteiger partial charge in [0, 0.05) is 17.3 Å². The van der Waals surface area contributed by atoms with E-state index in [9.17, 15) is 18.0 Å². The first-order valence-electron chi connectivity index (χ1n) is 7.38. The molecule has 2 heterocycles. The highest BCUT2D eigenvalue weighted by molar-refractivity contribution is 6.22. The van der Waals surface area contributed by atoms with Crippen LogP contribution in [0.1, 0.15) is 16.7 Å². The van der Waals surface area contributed by atoms with Gasteiger partial charge in [-0.25, -0.2) is 9.67 Å². The number of carbonyl (C=O) groups excluding carboxylic acids is 1. The summed E-state index contributed by atoms with van der Waals surface area (Å²) in [5.74, 6) is -0.621. The van der Waals surface area contributed by atoms with Gasteiger partial charge in [0.05, 0.1) is 23.7 Å². The molecule has 3 aromatic rings. The molecule has 0 radical (unpaired) electrons. The number of aromatic nitrogens is 3. The fourth-order valence-electron chi connectivity index (χ4n) is 2.38. The van der Waals surface area contributed by atoms with Crippen molar-refractivity contribution in [1.29, 1.82) is 0 Å². The zero-order valence-corrected chi connectivity index (χ0v) is 13.5. The number of benzene rings is 1. The van der Waals surface area contributed by atoms with E-state index in [1.165, 1.54) is 29.7 Å². The van der Waals surface area contributed by atoms with Gasteiger partial charge in [0.15, 0.2) is 5.82 Å². The molecule has 2 aromatic heterocycles. The second-order valence-electron chi connectivity index (χ2n) is 5.55. The van der Waals surface area contributed by atoms with Crippen molar-refractivity contribution in [3.05, 3.63) is 59.8 Å². The minimum atomic E-state index is -4.47. The molecule has 0 saturated carbocycles. The van der Waals surface area contributed by atoms with Crippen LogP contribution in [0, 0.1) is 6.92 Å². The molecule has 2 N–H and O–H groups in total. The molecule has 0 aliphatic rings. The average Bonchev–Trinajstić information content (AvgIpc) is 3.22. The monoisotopic (exact) mass is 362 g/mol. The number of alkyl halides is 3. The molecule has 1 aromatic carbocycles. The quantitative estimate of drug-likeness (QED) is 0.721. The van der Waals surface area contributed by atoms with Crippen LogP contribution in [-0.2, 0) is 11.0 Å². The maximum absolute atomic E-state index is 13.0. The molecule has 26 heavy (non-hydrogen) atoms. The van der Waals surface area contributed by atoms with E-state index in [-0.39, 0.29) is 17.0 Å². The van der Waals surface area contributed by atoms with E-state index in [2.05, 4.69) is 10.1 Å².